The van der Waals surface area contributed by atoms with E-state index in [1.54, 1.807) is 0 Å². The molecule has 1 fully saturated rings. The molecule has 0 amide bonds. The molecule has 0 nitrogen and oxygen atoms in total. The lowest BCUT2D eigenvalue weighted by Gasteiger charge is -1.92. The summed E-state index contributed by atoms with van der Waals surface area (Å²) in [6.45, 7) is 2.23. The maximum atomic E-state index is 2.23. The quantitative estimate of drug-likeness (QED) is 0.443. The number of hydrogen-bond acceptors (Lipinski definition) is 2. The molecule has 1 saturated heterocycles. The Kier molecular flexibility index (Phi) is 3.13. The molecular formula is C6H12S2. The summed E-state index contributed by atoms with van der Waals surface area (Å²) < 4.78 is 0. The second kappa shape index (κ2) is 3.67. The molecule has 1 aliphatic heterocycles. The Balaban J connectivity index is 1.74. The lowest BCUT2D eigenvalue weighted by Crippen LogP contribution is -1.85. The Morgan fingerprint density at radius 3 is 3.00 bits per heavy atom. The lowest BCUT2D eigenvalue weighted by molar-refractivity contribution is 0.994. The molecule has 1 unspecified atom stereocenters. The van der Waals surface area contributed by atoms with Crippen LogP contribution in [0.15, 0.2) is 0 Å². The summed E-state index contributed by atoms with van der Waals surface area (Å²) in [5, 5.41) is 1.05. The monoisotopic (exact) mass is 148 g/mol. The normalized spacial score (nSPS) is 25.9. The average molecular weight is 148 g/mol. The van der Waals surface area contributed by atoms with Crippen LogP contribution in [0.25, 0.3) is 0 Å². The van der Waals surface area contributed by atoms with Gasteiger partial charge in [0.1, 0.15) is 0 Å². The van der Waals surface area contributed by atoms with Crippen LogP contribution >= 0.6 is 23.5 Å². The first kappa shape index (κ1) is 6.81. The van der Waals surface area contributed by atoms with Gasteiger partial charge in [-0.2, -0.15) is 23.5 Å². The van der Waals surface area contributed by atoms with Crippen LogP contribution in [-0.4, -0.2) is 22.5 Å². The third-order valence-electron chi connectivity index (χ3n) is 1.19. The highest BCUT2D eigenvalue weighted by molar-refractivity contribution is 8.07. The minimum atomic E-state index is 1.05. The van der Waals surface area contributed by atoms with Gasteiger partial charge in [-0.05, 0) is 17.9 Å². The highest BCUT2D eigenvalue weighted by Crippen LogP contribution is 2.33. The SMILES string of the molecule is CCSCCC1CS1. The molecule has 0 bridgehead atoms. The van der Waals surface area contributed by atoms with E-state index < -0.39 is 0 Å². The maximum Gasteiger partial charge on any atom is 0.0146 e. The molecule has 0 aromatic carbocycles. The summed E-state index contributed by atoms with van der Waals surface area (Å²) >= 11 is 4.17. The minimum Gasteiger partial charge on any atom is -0.162 e. The second-order valence-electron chi connectivity index (χ2n) is 1.94. The summed E-state index contributed by atoms with van der Waals surface area (Å²) in [5.74, 6) is 4.11. The highest BCUT2D eigenvalue weighted by Gasteiger charge is 2.20. The fourth-order valence-electron chi connectivity index (χ4n) is 0.594. The molecule has 0 N–H and O–H groups in total. The van der Waals surface area contributed by atoms with E-state index >= 15 is 0 Å². The summed E-state index contributed by atoms with van der Waals surface area (Å²) in [6.07, 6.45) is 1.45. The molecule has 0 saturated carbocycles. The zero-order chi connectivity index (χ0) is 5.82. The molecular weight excluding hydrogens is 136 g/mol. The molecule has 0 radical (unpaired) electrons. The molecule has 1 aliphatic rings. The van der Waals surface area contributed by atoms with Crippen molar-refractivity contribution in [3.05, 3.63) is 0 Å². The van der Waals surface area contributed by atoms with Crippen molar-refractivity contribution in [3.8, 4) is 0 Å². The van der Waals surface area contributed by atoms with E-state index in [0.717, 1.165) is 5.25 Å². The van der Waals surface area contributed by atoms with Gasteiger partial charge in [0, 0.05) is 11.0 Å². The van der Waals surface area contributed by atoms with Crippen LogP contribution in [0, 0.1) is 0 Å². The third-order valence-corrected chi connectivity index (χ3v) is 3.16. The summed E-state index contributed by atoms with van der Waals surface area (Å²) in [6, 6.07) is 0. The Morgan fingerprint density at radius 2 is 2.50 bits per heavy atom. The van der Waals surface area contributed by atoms with Gasteiger partial charge in [-0.3, -0.25) is 0 Å². The maximum absolute atomic E-state index is 2.23. The largest absolute Gasteiger partial charge is 0.162 e. The first-order chi connectivity index (χ1) is 3.93. The van der Waals surface area contributed by atoms with Crippen molar-refractivity contribution in [1.29, 1.82) is 0 Å². The number of hydrogen-bond donors (Lipinski definition) is 0. The molecule has 0 aromatic heterocycles. The lowest BCUT2D eigenvalue weighted by atomic mass is 10.4. The number of rotatable bonds is 4. The molecule has 0 aliphatic carbocycles. The average Bonchev–Trinajstić information content (AvgIpc) is 2.51. The van der Waals surface area contributed by atoms with Crippen LogP contribution in [0.5, 0.6) is 0 Å². The minimum absolute atomic E-state index is 1.05. The van der Waals surface area contributed by atoms with Crippen molar-refractivity contribution in [2.24, 2.45) is 0 Å². The van der Waals surface area contributed by atoms with E-state index in [2.05, 4.69) is 30.4 Å². The van der Waals surface area contributed by atoms with Gasteiger partial charge < -0.3 is 0 Å². The van der Waals surface area contributed by atoms with Crippen molar-refractivity contribution in [2.75, 3.05) is 17.3 Å². The Labute approximate surface area is 59.8 Å². The summed E-state index contributed by atoms with van der Waals surface area (Å²) in [4.78, 5) is 0. The Morgan fingerprint density at radius 1 is 1.75 bits per heavy atom. The van der Waals surface area contributed by atoms with Crippen LogP contribution in [0.4, 0.5) is 0 Å². The van der Waals surface area contributed by atoms with E-state index in [1.165, 1.54) is 23.7 Å². The van der Waals surface area contributed by atoms with E-state index in [-0.39, 0.29) is 0 Å². The summed E-state index contributed by atoms with van der Waals surface area (Å²) in [7, 11) is 0. The van der Waals surface area contributed by atoms with Crippen molar-refractivity contribution < 1.29 is 0 Å². The van der Waals surface area contributed by atoms with E-state index in [1.807, 2.05) is 0 Å². The zero-order valence-corrected chi connectivity index (χ0v) is 6.86. The van der Waals surface area contributed by atoms with E-state index in [0.29, 0.717) is 0 Å². The van der Waals surface area contributed by atoms with Crippen molar-refractivity contribution in [3.63, 3.8) is 0 Å². The van der Waals surface area contributed by atoms with Crippen LogP contribution in [0.1, 0.15) is 13.3 Å². The van der Waals surface area contributed by atoms with Crippen LogP contribution in [0.2, 0.25) is 0 Å². The second-order valence-corrected chi connectivity index (χ2v) is 4.67. The van der Waals surface area contributed by atoms with Gasteiger partial charge in [0.25, 0.3) is 0 Å². The van der Waals surface area contributed by atoms with Crippen LogP contribution in [-0.2, 0) is 0 Å². The van der Waals surface area contributed by atoms with E-state index in [9.17, 15) is 0 Å². The molecule has 0 aromatic rings. The molecule has 2 heteroatoms. The highest BCUT2D eigenvalue weighted by atomic mass is 32.2. The van der Waals surface area contributed by atoms with Gasteiger partial charge in [-0.15, -0.1) is 0 Å². The standard InChI is InChI=1S/C6H12S2/c1-2-7-4-3-6-5-8-6/h6H,2-5H2,1H3. The van der Waals surface area contributed by atoms with Gasteiger partial charge in [-0.25, -0.2) is 0 Å². The molecule has 1 atom stereocenters. The van der Waals surface area contributed by atoms with Crippen molar-refractivity contribution >= 4 is 23.5 Å². The molecule has 1 heterocycles. The zero-order valence-electron chi connectivity index (χ0n) is 5.22. The molecule has 1 rings (SSSR count). The first-order valence-corrected chi connectivity index (χ1v) is 5.33. The fraction of sp³-hybridized carbons (Fsp3) is 1.00. The predicted octanol–water partition coefficient (Wildman–Crippen LogP) is 2.25. The summed E-state index contributed by atoms with van der Waals surface area (Å²) in [5.41, 5.74) is 0. The van der Waals surface area contributed by atoms with Gasteiger partial charge in [0.15, 0.2) is 0 Å². The fourth-order valence-corrected chi connectivity index (χ4v) is 2.07. The van der Waals surface area contributed by atoms with Gasteiger partial charge in [0.2, 0.25) is 0 Å². The third kappa shape index (κ3) is 2.88. The topological polar surface area (TPSA) is 0 Å². The van der Waals surface area contributed by atoms with Crippen LogP contribution in [0.3, 0.4) is 0 Å². The smallest absolute Gasteiger partial charge is 0.0146 e. The Hall–Kier alpha value is 0.700. The van der Waals surface area contributed by atoms with E-state index in [4.69, 9.17) is 0 Å². The molecule has 8 heavy (non-hydrogen) atoms. The van der Waals surface area contributed by atoms with Crippen LogP contribution < -0.4 is 0 Å². The molecule has 0 spiro atoms. The van der Waals surface area contributed by atoms with Gasteiger partial charge in [-0.1, -0.05) is 6.92 Å². The van der Waals surface area contributed by atoms with Crippen molar-refractivity contribution in [1.82, 2.24) is 0 Å². The first-order valence-electron chi connectivity index (χ1n) is 3.13. The van der Waals surface area contributed by atoms with Crippen molar-refractivity contribution in [2.45, 2.75) is 18.6 Å². The van der Waals surface area contributed by atoms with Gasteiger partial charge >= 0.3 is 0 Å². The number of thioether (sulfide) groups is 2. The molecule has 48 valence electrons. The van der Waals surface area contributed by atoms with Gasteiger partial charge in [0.05, 0.1) is 0 Å². The predicted molar refractivity (Wildman–Crippen MR) is 43.9 cm³/mol. The Bertz CT molecular complexity index is 59.5.